The fourth-order valence-corrected chi connectivity index (χ4v) is 2.99. The number of amides is 2. The maximum absolute atomic E-state index is 12.4. The second kappa shape index (κ2) is 7.07. The average molecular weight is 338 g/mol. The van der Waals surface area contributed by atoms with E-state index in [0.29, 0.717) is 18.5 Å². The number of nitrogens with zero attached hydrogens (tertiary/aromatic N) is 1. The van der Waals surface area contributed by atoms with Crippen molar-refractivity contribution >= 4 is 17.5 Å². The molecule has 1 heterocycles. The molecule has 25 heavy (non-hydrogen) atoms. The van der Waals surface area contributed by atoms with E-state index in [4.69, 9.17) is 0 Å². The van der Waals surface area contributed by atoms with Crippen molar-refractivity contribution in [3.63, 3.8) is 0 Å². The summed E-state index contributed by atoms with van der Waals surface area (Å²) in [6.07, 6.45) is 1.39. The van der Waals surface area contributed by atoms with E-state index in [1.54, 1.807) is 30.0 Å². The van der Waals surface area contributed by atoms with Crippen LogP contribution >= 0.6 is 0 Å². The van der Waals surface area contributed by atoms with Gasteiger partial charge in [0.15, 0.2) is 0 Å². The van der Waals surface area contributed by atoms with Crippen LogP contribution in [0.4, 0.5) is 5.69 Å². The number of carbonyl (C=O) groups is 2. The van der Waals surface area contributed by atoms with Crippen molar-refractivity contribution in [3.05, 3.63) is 65.7 Å². The molecule has 0 spiro atoms. The fraction of sp³-hybridized carbons (Fsp3) is 0.300. The van der Waals surface area contributed by atoms with Gasteiger partial charge in [-0.2, -0.15) is 0 Å². The molecule has 1 aliphatic heterocycles. The van der Waals surface area contributed by atoms with Gasteiger partial charge < -0.3 is 15.3 Å². The van der Waals surface area contributed by atoms with E-state index in [2.05, 4.69) is 5.32 Å². The van der Waals surface area contributed by atoms with E-state index >= 15 is 0 Å². The molecule has 0 aromatic heterocycles. The van der Waals surface area contributed by atoms with Crippen LogP contribution in [0.5, 0.6) is 0 Å². The van der Waals surface area contributed by atoms with Crippen LogP contribution in [-0.4, -0.2) is 30.0 Å². The van der Waals surface area contributed by atoms with Gasteiger partial charge in [-0.25, -0.2) is 0 Å². The quantitative estimate of drug-likeness (QED) is 0.880. The Hall–Kier alpha value is -2.66. The van der Waals surface area contributed by atoms with Gasteiger partial charge in [0, 0.05) is 24.2 Å². The first-order valence-electron chi connectivity index (χ1n) is 8.44. The predicted molar refractivity (Wildman–Crippen MR) is 96.4 cm³/mol. The summed E-state index contributed by atoms with van der Waals surface area (Å²) >= 11 is 0. The Balaban J connectivity index is 1.68. The molecular formula is C20H22N2O3. The molecule has 0 bridgehead atoms. The lowest BCUT2D eigenvalue weighted by molar-refractivity contribution is -0.117. The van der Waals surface area contributed by atoms with Crippen LogP contribution in [0.15, 0.2) is 54.6 Å². The molecule has 5 heteroatoms. The molecule has 1 aliphatic rings. The van der Waals surface area contributed by atoms with Crippen molar-refractivity contribution in [2.24, 2.45) is 0 Å². The van der Waals surface area contributed by atoms with Crippen LogP contribution < -0.4 is 10.2 Å². The Bertz CT molecular complexity index is 772. The Morgan fingerprint density at radius 1 is 1.20 bits per heavy atom. The Morgan fingerprint density at radius 3 is 2.64 bits per heavy atom. The van der Waals surface area contributed by atoms with E-state index in [0.717, 1.165) is 17.7 Å². The summed E-state index contributed by atoms with van der Waals surface area (Å²) in [6.45, 7) is 2.46. The SMILES string of the molecule is CC(O)(CNC(=O)c1cccc(N2CCCC2=O)c1)c1ccccc1. The minimum atomic E-state index is -1.15. The van der Waals surface area contributed by atoms with Crippen LogP contribution in [0.2, 0.25) is 0 Å². The molecule has 0 radical (unpaired) electrons. The molecule has 3 rings (SSSR count). The molecule has 2 amide bonds. The highest BCUT2D eigenvalue weighted by molar-refractivity contribution is 5.99. The molecular weight excluding hydrogens is 316 g/mol. The summed E-state index contributed by atoms with van der Waals surface area (Å²) in [6, 6.07) is 16.3. The highest BCUT2D eigenvalue weighted by atomic mass is 16.3. The van der Waals surface area contributed by atoms with E-state index in [1.807, 2.05) is 36.4 Å². The Kier molecular flexibility index (Phi) is 4.86. The van der Waals surface area contributed by atoms with Gasteiger partial charge in [-0.05, 0) is 37.1 Å². The molecule has 2 N–H and O–H groups in total. The fourth-order valence-electron chi connectivity index (χ4n) is 2.99. The summed E-state index contributed by atoms with van der Waals surface area (Å²) < 4.78 is 0. The van der Waals surface area contributed by atoms with Gasteiger partial charge in [0.25, 0.3) is 5.91 Å². The summed E-state index contributed by atoms with van der Waals surface area (Å²) in [5.74, 6) is -0.186. The zero-order chi connectivity index (χ0) is 17.9. The number of anilines is 1. The zero-order valence-electron chi connectivity index (χ0n) is 14.2. The standard InChI is InChI=1S/C20H22N2O3/c1-20(25,16-8-3-2-4-9-16)14-21-19(24)15-7-5-10-17(13-15)22-12-6-11-18(22)23/h2-5,7-10,13,25H,6,11-12,14H2,1H3,(H,21,24). The maximum atomic E-state index is 12.4. The topological polar surface area (TPSA) is 69.6 Å². The van der Waals surface area contributed by atoms with Crippen molar-refractivity contribution in [2.45, 2.75) is 25.4 Å². The van der Waals surface area contributed by atoms with Crippen LogP contribution in [0.25, 0.3) is 0 Å². The first-order valence-corrected chi connectivity index (χ1v) is 8.44. The van der Waals surface area contributed by atoms with Gasteiger partial charge in [-0.15, -0.1) is 0 Å². The molecule has 5 nitrogen and oxygen atoms in total. The van der Waals surface area contributed by atoms with Crippen LogP contribution in [0.1, 0.15) is 35.7 Å². The summed E-state index contributed by atoms with van der Waals surface area (Å²) in [5, 5.41) is 13.4. The van der Waals surface area contributed by atoms with Crippen LogP contribution in [-0.2, 0) is 10.4 Å². The second-order valence-corrected chi connectivity index (χ2v) is 6.52. The normalized spacial score (nSPS) is 16.6. The number of nitrogens with one attached hydrogen (secondary N) is 1. The monoisotopic (exact) mass is 338 g/mol. The van der Waals surface area contributed by atoms with Crippen LogP contribution in [0, 0.1) is 0 Å². The number of rotatable bonds is 5. The summed E-state index contributed by atoms with van der Waals surface area (Å²) in [5.41, 5.74) is 0.803. The van der Waals surface area contributed by atoms with Crippen molar-refractivity contribution in [1.29, 1.82) is 0 Å². The average Bonchev–Trinajstić information content (AvgIpc) is 3.06. The van der Waals surface area contributed by atoms with E-state index in [-0.39, 0.29) is 18.4 Å². The third-order valence-electron chi connectivity index (χ3n) is 4.48. The maximum Gasteiger partial charge on any atom is 0.251 e. The van der Waals surface area contributed by atoms with Crippen molar-refractivity contribution in [3.8, 4) is 0 Å². The molecule has 1 saturated heterocycles. The first-order chi connectivity index (χ1) is 12.0. The van der Waals surface area contributed by atoms with Gasteiger partial charge in [-0.1, -0.05) is 36.4 Å². The molecule has 1 fully saturated rings. The summed E-state index contributed by atoms with van der Waals surface area (Å²) in [4.78, 5) is 26.0. The smallest absolute Gasteiger partial charge is 0.251 e. The molecule has 1 unspecified atom stereocenters. The lowest BCUT2D eigenvalue weighted by atomic mass is 9.96. The van der Waals surface area contributed by atoms with Crippen molar-refractivity contribution in [1.82, 2.24) is 5.32 Å². The number of aliphatic hydroxyl groups is 1. The number of carbonyl (C=O) groups excluding carboxylic acids is 2. The minimum absolute atomic E-state index is 0.0876. The molecule has 130 valence electrons. The molecule has 2 aromatic carbocycles. The highest BCUT2D eigenvalue weighted by Crippen LogP contribution is 2.23. The largest absolute Gasteiger partial charge is 0.384 e. The van der Waals surface area contributed by atoms with E-state index < -0.39 is 5.60 Å². The van der Waals surface area contributed by atoms with Gasteiger partial charge in [0.2, 0.25) is 5.91 Å². The Morgan fingerprint density at radius 2 is 1.96 bits per heavy atom. The first kappa shape index (κ1) is 17.2. The number of hydrogen-bond acceptors (Lipinski definition) is 3. The lowest BCUT2D eigenvalue weighted by Gasteiger charge is -2.24. The van der Waals surface area contributed by atoms with Gasteiger partial charge in [-0.3, -0.25) is 9.59 Å². The minimum Gasteiger partial charge on any atom is -0.384 e. The summed E-state index contributed by atoms with van der Waals surface area (Å²) in [7, 11) is 0. The Labute approximate surface area is 147 Å². The molecule has 2 aromatic rings. The van der Waals surface area contributed by atoms with Crippen molar-refractivity contribution < 1.29 is 14.7 Å². The lowest BCUT2D eigenvalue weighted by Crippen LogP contribution is -2.38. The highest BCUT2D eigenvalue weighted by Gasteiger charge is 2.25. The zero-order valence-corrected chi connectivity index (χ0v) is 14.2. The van der Waals surface area contributed by atoms with E-state index in [9.17, 15) is 14.7 Å². The van der Waals surface area contributed by atoms with Gasteiger partial charge in [0.1, 0.15) is 5.60 Å². The molecule has 1 atom stereocenters. The number of hydrogen-bond donors (Lipinski definition) is 2. The third-order valence-corrected chi connectivity index (χ3v) is 4.48. The third kappa shape index (κ3) is 3.88. The predicted octanol–water partition coefficient (Wildman–Crippen LogP) is 2.45. The van der Waals surface area contributed by atoms with Gasteiger partial charge >= 0.3 is 0 Å². The molecule has 0 aliphatic carbocycles. The number of benzene rings is 2. The second-order valence-electron chi connectivity index (χ2n) is 6.52. The van der Waals surface area contributed by atoms with Gasteiger partial charge in [0.05, 0.1) is 6.54 Å². The van der Waals surface area contributed by atoms with E-state index in [1.165, 1.54) is 0 Å². The molecule has 0 saturated carbocycles. The van der Waals surface area contributed by atoms with Crippen LogP contribution in [0.3, 0.4) is 0 Å². The van der Waals surface area contributed by atoms with Crippen molar-refractivity contribution in [2.75, 3.05) is 18.0 Å².